The minimum Gasteiger partial charge on any atom is -0.550 e. The van der Waals surface area contributed by atoms with Gasteiger partial charge in [0.25, 0.3) is 0 Å². The Bertz CT molecular complexity index is 832. The number of phenols is 2. The van der Waals surface area contributed by atoms with E-state index >= 15 is 0 Å². The molecule has 0 bridgehead atoms. The average Bonchev–Trinajstić information content (AvgIpc) is 2.69. The van der Waals surface area contributed by atoms with E-state index in [1.54, 1.807) is 24.6 Å². The molecule has 0 aliphatic carbocycles. The van der Waals surface area contributed by atoms with E-state index in [2.05, 4.69) is 23.8 Å². The molecular formula is C23H28CoN2O6. The van der Waals surface area contributed by atoms with Gasteiger partial charge in [0.2, 0.25) is 0 Å². The molecular weight excluding hydrogens is 459 g/mol. The van der Waals surface area contributed by atoms with Crippen molar-refractivity contribution in [2.24, 2.45) is 9.98 Å². The number of nitrogens with zero attached hydrogens (tertiary/aromatic N) is 2. The predicted octanol–water partition coefficient (Wildman–Crippen LogP) is 1.23. The fourth-order valence-electron chi connectivity index (χ4n) is 2.18. The van der Waals surface area contributed by atoms with Gasteiger partial charge in [-0.1, -0.05) is 26.0 Å². The number of rotatable bonds is 6. The van der Waals surface area contributed by atoms with E-state index < -0.39 is 11.9 Å². The summed E-state index contributed by atoms with van der Waals surface area (Å²) in [5.74, 6) is -1.74. The Morgan fingerprint density at radius 1 is 0.812 bits per heavy atom. The van der Waals surface area contributed by atoms with Gasteiger partial charge in [-0.05, 0) is 62.1 Å². The molecule has 2 N–H and O–H groups in total. The van der Waals surface area contributed by atoms with Crippen LogP contribution in [0.5, 0.6) is 11.5 Å². The molecule has 0 aliphatic rings. The summed E-state index contributed by atoms with van der Waals surface area (Å²) < 4.78 is 0. The maximum Gasteiger partial charge on any atom is 2.00 e. The summed E-state index contributed by atoms with van der Waals surface area (Å²) >= 11 is 0. The van der Waals surface area contributed by atoms with Gasteiger partial charge in [-0.3, -0.25) is 9.98 Å². The number of benzene rings is 2. The van der Waals surface area contributed by atoms with Crippen LogP contribution < -0.4 is 10.2 Å². The van der Waals surface area contributed by atoms with E-state index in [1.807, 2.05) is 24.3 Å². The zero-order valence-electron chi connectivity index (χ0n) is 18.5. The van der Waals surface area contributed by atoms with Gasteiger partial charge >= 0.3 is 16.8 Å². The molecule has 2 aromatic carbocycles. The number of carboxylic acids is 2. The van der Waals surface area contributed by atoms with Gasteiger partial charge in [-0.15, -0.1) is 0 Å². The fourth-order valence-corrected chi connectivity index (χ4v) is 2.18. The summed E-state index contributed by atoms with van der Waals surface area (Å²) in [5, 5.41) is 37.4. The molecule has 8 nitrogen and oxygen atoms in total. The van der Waals surface area contributed by atoms with Crippen molar-refractivity contribution < 1.29 is 46.8 Å². The van der Waals surface area contributed by atoms with Crippen molar-refractivity contribution >= 4 is 24.4 Å². The Labute approximate surface area is 198 Å². The molecule has 0 amide bonds. The molecule has 0 heterocycles. The van der Waals surface area contributed by atoms with Crippen LogP contribution >= 0.6 is 0 Å². The number of carbonyl (C=O) groups is 2. The van der Waals surface area contributed by atoms with Crippen LogP contribution in [-0.4, -0.2) is 41.2 Å². The zero-order chi connectivity index (χ0) is 23.8. The Morgan fingerprint density at radius 2 is 1.12 bits per heavy atom. The first-order valence-corrected chi connectivity index (χ1v) is 9.59. The molecule has 1 radical (unpaired) electrons. The number of aromatic hydroxyl groups is 2. The van der Waals surface area contributed by atoms with Gasteiger partial charge in [-0.25, -0.2) is 0 Å². The largest absolute Gasteiger partial charge is 2.00 e. The number of hydrogen-bond donors (Lipinski definition) is 2. The topological polar surface area (TPSA) is 145 Å². The van der Waals surface area contributed by atoms with Crippen LogP contribution in [0.15, 0.2) is 46.4 Å². The van der Waals surface area contributed by atoms with E-state index in [1.165, 1.54) is 0 Å². The average molecular weight is 487 g/mol. The van der Waals surface area contributed by atoms with E-state index in [4.69, 9.17) is 19.8 Å². The summed E-state index contributed by atoms with van der Waals surface area (Å²) in [6.07, 6.45) is 5.06. The van der Waals surface area contributed by atoms with Crippen molar-refractivity contribution in [3.05, 3.63) is 58.7 Å². The quantitative estimate of drug-likeness (QED) is 0.586. The minimum absolute atomic E-state index is 0. The van der Waals surface area contributed by atoms with Gasteiger partial charge in [0.15, 0.2) is 0 Å². The third kappa shape index (κ3) is 14.8. The van der Waals surface area contributed by atoms with Crippen molar-refractivity contribution in [3.63, 3.8) is 0 Å². The molecule has 0 spiro atoms. The summed E-state index contributed by atoms with van der Waals surface area (Å²) in [7, 11) is 0. The van der Waals surface area contributed by atoms with Crippen LogP contribution in [0, 0.1) is 0 Å². The van der Waals surface area contributed by atoms with Gasteiger partial charge < -0.3 is 30.0 Å². The second-order valence-electron chi connectivity index (χ2n) is 6.24. The Balaban J connectivity index is 0. The zero-order valence-corrected chi connectivity index (χ0v) is 19.5. The van der Waals surface area contributed by atoms with Crippen molar-refractivity contribution in [2.45, 2.75) is 40.5 Å². The van der Waals surface area contributed by atoms with E-state index in [9.17, 15) is 10.2 Å². The fraction of sp³-hybridized carbons (Fsp3) is 0.304. The molecule has 0 fully saturated rings. The van der Waals surface area contributed by atoms with Crippen LogP contribution in [0.4, 0.5) is 0 Å². The van der Waals surface area contributed by atoms with Gasteiger partial charge in [0.05, 0.1) is 0 Å². The SMILES string of the molecule is CC(=O)[O-].CC(=O)[O-].CCc1ccc(O)c(C=NCN=Cc2cc(CC)ccc2O)c1.[Co+2]. The van der Waals surface area contributed by atoms with Crippen LogP contribution in [-0.2, 0) is 39.2 Å². The van der Waals surface area contributed by atoms with Crippen molar-refractivity contribution in [3.8, 4) is 11.5 Å². The second-order valence-corrected chi connectivity index (χ2v) is 6.24. The number of carboxylic acid groups (broad SMARTS) is 2. The number of hydrogen-bond acceptors (Lipinski definition) is 8. The molecule has 2 aromatic rings. The molecule has 9 heteroatoms. The van der Waals surface area contributed by atoms with Crippen LogP contribution in [0.1, 0.15) is 49.9 Å². The van der Waals surface area contributed by atoms with E-state index in [0.29, 0.717) is 11.1 Å². The molecule has 0 atom stereocenters. The number of carbonyl (C=O) groups excluding carboxylic acids is 2. The molecule has 2 rings (SSSR count). The van der Waals surface area contributed by atoms with Crippen molar-refractivity contribution in [2.75, 3.05) is 6.67 Å². The number of phenolic OH excluding ortho intramolecular Hbond substituents is 2. The Morgan fingerprint density at radius 3 is 1.41 bits per heavy atom. The van der Waals surface area contributed by atoms with Crippen LogP contribution in [0.3, 0.4) is 0 Å². The summed E-state index contributed by atoms with van der Waals surface area (Å²) in [6, 6.07) is 11.0. The monoisotopic (exact) mass is 487 g/mol. The number of aryl methyl sites for hydroxylation is 2. The minimum atomic E-state index is -1.08. The standard InChI is InChI=1S/C19H22N2O2.2C2H4O2.Co/c1-3-14-5-7-18(22)16(9-14)11-20-13-21-12-17-10-15(4-2)6-8-19(17)23;2*1-2(3)4;/h5-12,22-23H,3-4,13H2,1-2H3;2*1H3,(H,3,4);/q;;;+2/p-2. The maximum atomic E-state index is 9.80. The Kier molecular flexibility index (Phi) is 17.0. The summed E-state index contributed by atoms with van der Waals surface area (Å²) in [6.45, 7) is 6.31. The molecule has 0 saturated carbocycles. The van der Waals surface area contributed by atoms with Gasteiger partial charge in [0, 0.05) is 35.5 Å². The molecule has 175 valence electrons. The Hall–Kier alpha value is -3.17. The molecule has 0 aliphatic heterocycles. The van der Waals surface area contributed by atoms with E-state index in [-0.39, 0.29) is 34.9 Å². The summed E-state index contributed by atoms with van der Waals surface area (Å²) in [5.41, 5.74) is 3.67. The molecule has 0 saturated heterocycles. The first-order chi connectivity index (χ1) is 14.6. The molecule has 32 heavy (non-hydrogen) atoms. The predicted molar refractivity (Wildman–Crippen MR) is 116 cm³/mol. The molecule has 0 unspecified atom stereocenters. The first-order valence-electron chi connectivity index (χ1n) is 9.59. The summed E-state index contributed by atoms with van der Waals surface area (Å²) in [4.78, 5) is 26.2. The first kappa shape index (κ1) is 31.0. The van der Waals surface area contributed by atoms with Crippen LogP contribution in [0.25, 0.3) is 0 Å². The van der Waals surface area contributed by atoms with Crippen molar-refractivity contribution in [1.29, 1.82) is 0 Å². The normalized spacial score (nSPS) is 9.88. The van der Waals surface area contributed by atoms with Gasteiger partial charge in [0.1, 0.15) is 18.2 Å². The molecule has 0 aromatic heterocycles. The number of aliphatic carboxylic acids is 2. The van der Waals surface area contributed by atoms with Gasteiger partial charge in [-0.2, -0.15) is 0 Å². The van der Waals surface area contributed by atoms with Crippen LogP contribution in [0.2, 0.25) is 0 Å². The third-order valence-electron chi connectivity index (χ3n) is 3.62. The number of aliphatic imine (C=N–C) groups is 2. The smallest absolute Gasteiger partial charge is 0.550 e. The maximum absolute atomic E-state index is 9.80. The second kappa shape index (κ2) is 17.5. The van der Waals surface area contributed by atoms with Crippen molar-refractivity contribution in [1.82, 2.24) is 0 Å². The van der Waals surface area contributed by atoms with E-state index in [0.717, 1.165) is 37.8 Å². The third-order valence-corrected chi connectivity index (χ3v) is 3.62.